The van der Waals surface area contributed by atoms with E-state index in [2.05, 4.69) is 16.8 Å². The van der Waals surface area contributed by atoms with Crippen molar-refractivity contribution in [2.75, 3.05) is 13.2 Å². The molecule has 130 valence electrons. The second-order valence-electron chi connectivity index (χ2n) is 5.41. The molecule has 0 saturated heterocycles. The van der Waals surface area contributed by atoms with Crippen LogP contribution < -0.4 is 4.74 Å². The van der Waals surface area contributed by atoms with Crippen LogP contribution in [-0.2, 0) is 0 Å². The fourth-order valence-electron chi connectivity index (χ4n) is 2.26. The Bertz CT molecular complexity index is 942. The molecule has 1 aromatic heterocycles. The largest absolute Gasteiger partial charge is 0.491 e. The highest BCUT2D eigenvalue weighted by Gasteiger charge is 2.04. The predicted molar refractivity (Wildman–Crippen MR) is 105 cm³/mol. The number of aromatic nitrogens is 1. The van der Waals surface area contributed by atoms with E-state index in [1.165, 1.54) is 0 Å². The van der Waals surface area contributed by atoms with Crippen molar-refractivity contribution >= 4 is 23.2 Å². The molecule has 2 aromatic carbocycles. The van der Waals surface area contributed by atoms with Gasteiger partial charge in [0.05, 0.1) is 11.6 Å². The summed E-state index contributed by atoms with van der Waals surface area (Å²) in [5.41, 5.74) is 3.23. The average molecular weight is 384 g/mol. The summed E-state index contributed by atoms with van der Waals surface area (Å²) in [5.74, 6) is 6.71. The van der Waals surface area contributed by atoms with Crippen molar-refractivity contribution in [1.29, 1.82) is 0 Å². The highest BCUT2D eigenvalue weighted by Crippen LogP contribution is 2.25. The lowest BCUT2D eigenvalue weighted by Gasteiger charge is -2.04. The summed E-state index contributed by atoms with van der Waals surface area (Å²) < 4.78 is 5.31. The third-order valence-corrected chi connectivity index (χ3v) is 4.10. The SMILES string of the molecule is OCCOc1ccc(C#Cc2ncc(-c3ccc(Cl)cc3)cc2Cl)cc1. The number of benzene rings is 2. The molecule has 3 rings (SSSR count). The number of aliphatic hydroxyl groups is 1. The van der Waals surface area contributed by atoms with Crippen LogP contribution in [0.3, 0.4) is 0 Å². The van der Waals surface area contributed by atoms with E-state index in [9.17, 15) is 0 Å². The lowest BCUT2D eigenvalue weighted by Crippen LogP contribution is -2.01. The number of hydrogen-bond donors (Lipinski definition) is 1. The smallest absolute Gasteiger partial charge is 0.132 e. The second kappa shape index (κ2) is 8.73. The second-order valence-corrected chi connectivity index (χ2v) is 6.25. The number of hydrogen-bond acceptors (Lipinski definition) is 3. The molecule has 3 aromatic rings. The lowest BCUT2D eigenvalue weighted by atomic mass is 10.1. The molecule has 0 amide bonds. The van der Waals surface area contributed by atoms with Crippen LogP contribution in [0.25, 0.3) is 11.1 Å². The zero-order valence-electron chi connectivity index (χ0n) is 13.7. The Labute approximate surface area is 162 Å². The van der Waals surface area contributed by atoms with Gasteiger partial charge in [0.15, 0.2) is 0 Å². The molecular weight excluding hydrogens is 369 g/mol. The van der Waals surface area contributed by atoms with E-state index >= 15 is 0 Å². The number of halogens is 2. The molecule has 1 N–H and O–H groups in total. The summed E-state index contributed by atoms with van der Waals surface area (Å²) in [6.07, 6.45) is 1.74. The first-order valence-electron chi connectivity index (χ1n) is 7.93. The average Bonchev–Trinajstić information content (AvgIpc) is 2.67. The highest BCUT2D eigenvalue weighted by atomic mass is 35.5. The number of pyridine rings is 1. The van der Waals surface area contributed by atoms with Crippen molar-refractivity contribution in [3.8, 4) is 28.7 Å². The zero-order valence-corrected chi connectivity index (χ0v) is 15.3. The molecule has 0 aliphatic rings. The maximum Gasteiger partial charge on any atom is 0.132 e. The van der Waals surface area contributed by atoms with Gasteiger partial charge in [-0.2, -0.15) is 0 Å². The summed E-state index contributed by atoms with van der Waals surface area (Å²) in [6.45, 7) is 0.252. The first kappa shape index (κ1) is 18.3. The minimum absolute atomic E-state index is 0.0161. The first-order chi connectivity index (χ1) is 12.7. The van der Waals surface area contributed by atoms with Crippen LogP contribution in [0.15, 0.2) is 60.8 Å². The van der Waals surface area contributed by atoms with Crippen molar-refractivity contribution in [2.45, 2.75) is 0 Å². The van der Waals surface area contributed by atoms with E-state index in [1.54, 1.807) is 18.3 Å². The summed E-state index contributed by atoms with van der Waals surface area (Å²) >= 11 is 12.2. The van der Waals surface area contributed by atoms with Crippen LogP contribution in [0.1, 0.15) is 11.3 Å². The molecule has 0 aliphatic carbocycles. The fourth-order valence-corrected chi connectivity index (χ4v) is 2.60. The molecule has 0 spiro atoms. The Morgan fingerprint density at radius 3 is 2.31 bits per heavy atom. The normalized spacial score (nSPS) is 10.1. The fraction of sp³-hybridized carbons (Fsp3) is 0.0952. The van der Waals surface area contributed by atoms with E-state index in [0.717, 1.165) is 16.7 Å². The van der Waals surface area contributed by atoms with Crippen LogP contribution in [0, 0.1) is 11.8 Å². The third-order valence-electron chi connectivity index (χ3n) is 3.56. The Morgan fingerprint density at radius 1 is 0.923 bits per heavy atom. The van der Waals surface area contributed by atoms with Crippen molar-refractivity contribution in [2.24, 2.45) is 0 Å². The first-order valence-corrected chi connectivity index (χ1v) is 8.68. The number of nitrogens with zero attached hydrogens (tertiary/aromatic N) is 1. The molecule has 5 heteroatoms. The minimum Gasteiger partial charge on any atom is -0.491 e. The summed E-state index contributed by atoms with van der Waals surface area (Å²) in [6, 6.07) is 16.6. The lowest BCUT2D eigenvalue weighted by molar-refractivity contribution is 0.201. The zero-order chi connectivity index (χ0) is 18.4. The van der Waals surface area contributed by atoms with E-state index in [4.69, 9.17) is 33.0 Å². The van der Waals surface area contributed by atoms with Gasteiger partial charge in [-0.05, 0) is 53.9 Å². The molecule has 3 nitrogen and oxygen atoms in total. The Kier molecular flexibility index (Phi) is 6.14. The van der Waals surface area contributed by atoms with Crippen LogP contribution >= 0.6 is 23.2 Å². The monoisotopic (exact) mass is 383 g/mol. The van der Waals surface area contributed by atoms with E-state index < -0.39 is 0 Å². The summed E-state index contributed by atoms with van der Waals surface area (Å²) in [5, 5.41) is 9.93. The Morgan fingerprint density at radius 2 is 1.65 bits per heavy atom. The Hall–Kier alpha value is -2.51. The van der Waals surface area contributed by atoms with Crippen molar-refractivity contribution < 1.29 is 9.84 Å². The van der Waals surface area contributed by atoms with E-state index in [-0.39, 0.29) is 13.2 Å². The molecular formula is C21H15Cl2NO2. The Balaban J connectivity index is 1.76. The van der Waals surface area contributed by atoms with E-state index in [0.29, 0.717) is 21.5 Å². The van der Waals surface area contributed by atoms with E-state index in [1.807, 2.05) is 42.5 Å². The highest BCUT2D eigenvalue weighted by molar-refractivity contribution is 6.32. The molecule has 0 aliphatic heterocycles. The quantitative estimate of drug-likeness (QED) is 0.656. The van der Waals surface area contributed by atoms with Gasteiger partial charge >= 0.3 is 0 Å². The van der Waals surface area contributed by atoms with Crippen molar-refractivity contribution in [3.63, 3.8) is 0 Å². The van der Waals surface area contributed by atoms with Gasteiger partial charge in [0.25, 0.3) is 0 Å². The molecule has 0 bridgehead atoms. The van der Waals surface area contributed by atoms with Gasteiger partial charge in [0, 0.05) is 22.3 Å². The van der Waals surface area contributed by atoms with Gasteiger partial charge in [-0.15, -0.1) is 0 Å². The molecule has 26 heavy (non-hydrogen) atoms. The van der Waals surface area contributed by atoms with Gasteiger partial charge in [0.2, 0.25) is 0 Å². The molecule has 0 saturated carbocycles. The van der Waals surface area contributed by atoms with Crippen molar-refractivity contribution in [3.05, 3.63) is 82.1 Å². The van der Waals surface area contributed by atoms with Crippen LogP contribution in [0.2, 0.25) is 10.0 Å². The van der Waals surface area contributed by atoms with Gasteiger partial charge in [-0.3, -0.25) is 0 Å². The van der Waals surface area contributed by atoms with Crippen LogP contribution in [0.4, 0.5) is 0 Å². The maximum absolute atomic E-state index is 8.75. The van der Waals surface area contributed by atoms with Crippen molar-refractivity contribution in [1.82, 2.24) is 4.98 Å². The maximum atomic E-state index is 8.75. The molecule has 0 radical (unpaired) electrons. The summed E-state index contributed by atoms with van der Waals surface area (Å²) in [4.78, 5) is 4.36. The van der Waals surface area contributed by atoms with Gasteiger partial charge in [-0.25, -0.2) is 4.98 Å². The molecule has 0 unspecified atom stereocenters. The summed E-state index contributed by atoms with van der Waals surface area (Å²) in [7, 11) is 0. The molecule has 0 atom stereocenters. The third kappa shape index (κ3) is 4.77. The number of aliphatic hydroxyl groups excluding tert-OH is 1. The van der Waals surface area contributed by atoms with Gasteiger partial charge in [0.1, 0.15) is 18.1 Å². The van der Waals surface area contributed by atoms with Crippen LogP contribution in [0.5, 0.6) is 5.75 Å². The topological polar surface area (TPSA) is 42.4 Å². The molecule has 1 heterocycles. The van der Waals surface area contributed by atoms with Gasteiger partial charge in [-0.1, -0.05) is 41.3 Å². The minimum atomic E-state index is -0.0161. The van der Waals surface area contributed by atoms with Gasteiger partial charge < -0.3 is 9.84 Å². The standard InChI is InChI=1S/C21H15Cl2NO2/c22-18-6-4-16(5-7-18)17-13-20(23)21(24-14-17)10-3-15-1-8-19(9-2-15)26-12-11-25/h1-2,4-9,13-14,25H,11-12H2. The number of rotatable bonds is 4. The number of ether oxygens (including phenoxy) is 1. The molecule has 0 fully saturated rings. The predicted octanol–water partition coefficient (Wildman–Crippen LogP) is 4.83. The van der Waals surface area contributed by atoms with Crippen LogP contribution in [-0.4, -0.2) is 23.3 Å².